The van der Waals surface area contributed by atoms with Gasteiger partial charge in [-0.05, 0) is 38.5 Å². The molecule has 24 heavy (non-hydrogen) atoms. The minimum Gasteiger partial charge on any atom is -1.00 e. The van der Waals surface area contributed by atoms with Gasteiger partial charge in [-0.25, -0.2) is 0 Å². The second-order valence-corrected chi connectivity index (χ2v) is 9.01. The first-order valence-corrected chi connectivity index (χ1v) is 9.84. The molecule has 4 unspecified atom stereocenters. The van der Waals surface area contributed by atoms with Gasteiger partial charge in [-0.2, -0.15) is 0 Å². The standard InChI is InChI=1S/C20H38N2.2HI/c1-5-21(3,6-2)13-7-8-14-22(4)15-19-17-9-10-18(12-11-17)20(19)16-22;;/h9-10,17-20H,5-8,11-16H2,1-4H3;2*1H/q+2;;/p-2. The van der Waals surface area contributed by atoms with E-state index < -0.39 is 0 Å². The molecule has 4 atom stereocenters. The molecule has 0 radical (unpaired) electrons. The number of hydrogen-bond acceptors (Lipinski definition) is 0. The van der Waals surface area contributed by atoms with E-state index in [0.29, 0.717) is 0 Å². The van der Waals surface area contributed by atoms with Crippen LogP contribution in [0.4, 0.5) is 0 Å². The van der Waals surface area contributed by atoms with Crippen molar-refractivity contribution in [1.29, 1.82) is 0 Å². The zero-order valence-electron chi connectivity index (χ0n) is 16.2. The highest BCUT2D eigenvalue weighted by Gasteiger charge is 2.51. The zero-order valence-corrected chi connectivity index (χ0v) is 20.5. The predicted octanol–water partition coefficient (Wildman–Crippen LogP) is -2.45. The fourth-order valence-electron chi connectivity index (χ4n) is 5.55. The Balaban J connectivity index is 0.00000144. The Bertz CT molecular complexity index is 398. The average Bonchev–Trinajstić information content (AvgIpc) is 2.92. The highest BCUT2D eigenvalue weighted by atomic mass is 127. The summed E-state index contributed by atoms with van der Waals surface area (Å²) < 4.78 is 2.62. The first kappa shape index (κ1) is 23.2. The van der Waals surface area contributed by atoms with E-state index in [4.69, 9.17) is 0 Å². The summed E-state index contributed by atoms with van der Waals surface area (Å²) in [4.78, 5) is 0. The highest BCUT2D eigenvalue weighted by molar-refractivity contribution is 5.10. The lowest BCUT2D eigenvalue weighted by Gasteiger charge is -2.38. The predicted molar refractivity (Wildman–Crippen MR) is 94.5 cm³/mol. The molecule has 2 fully saturated rings. The number of fused-ring (bicyclic) bond motifs is 1. The van der Waals surface area contributed by atoms with Crippen LogP contribution >= 0.6 is 0 Å². The maximum Gasteiger partial charge on any atom is 0.0824 e. The van der Waals surface area contributed by atoms with Gasteiger partial charge >= 0.3 is 0 Å². The van der Waals surface area contributed by atoms with Crippen LogP contribution < -0.4 is 48.0 Å². The van der Waals surface area contributed by atoms with Crippen LogP contribution in [0, 0.1) is 23.7 Å². The lowest BCUT2D eigenvalue weighted by molar-refractivity contribution is -0.910. The van der Waals surface area contributed by atoms with Crippen LogP contribution in [0.15, 0.2) is 12.2 Å². The molecule has 2 nitrogen and oxygen atoms in total. The van der Waals surface area contributed by atoms with Crippen LogP contribution in [0.5, 0.6) is 0 Å². The van der Waals surface area contributed by atoms with Crippen molar-refractivity contribution in [3.8, 4) is 0 Å². The number of likely N-dealkylation sites (tertiary alicyclic amines) is 1. The lowest BCUT2D eigenvalue weighted by atomic mass is 9.64. The molecule has 0 spiro atoms. The average molecular weight is 560 g/mol. The first-order valence-electron chi connectivity index (χ1n) is 9.84. The van der Waals surface area contributed by atoms with Gasteiger partial charge in [0, 0.05) is 24.7 Å². The quantitative estimate of drug-likeness (QED) is 0.141. The second kappa shape index (κ2) is 9.36. The van der Waals surface area contributed by atoms with Gasteiger partial charge in [0.2, 0.25) is 0 Å². The fraction of sp³-hybridized carbons (Fsp3) is 0.900. The second-order valence-electron chi connectivity index (χ2n) is 9.01. The van der Waals surface area contributed by atoms with Crippen molar-refractivity contribution in [1.82, 2.24) is 0 Å². The number of nitrogens with zero attached hydrogens (tertiary/aromatic N) is 2. The number of halogens is 2. The van der Waals surface area contributed by atoms with Crippen LogP contribution in [0.3, 0.4) is 0 Å². The molecule has 1 saturated carbocycles. The molecule has 0 aromatic rings. The van der Waals surface area contributed by atoms with E-state index in [0.717, 1.165) is 23.7 Å². The van der Waals surface area contributed by atoms with E-state index in [1.54, 1.807) is 0 Å². The summed E-state index contributed by atoms with van der Waals surface area (Å²) in [5, 5.41) is 0. The van der Waals surface area contributed by atoms with Gasteiger partial charge in [0.05, 0.1) is 53.4 Å². The molecule has 4 aliphatic rings. The minimum atomic E-state index is 0. The zero-order chi connectivity index (χ0) is 15.8. The Labute approximate surface area is 184 Å². The van der Waals surface area contributed by atoms with E-state index in [2.05, 4.69) is 40.1 Å². The van der Waals surface area contributed by atoms with Gasteiger partial charge in [-0.1, -0.05) is 12.2 Å². The van der Waals surface area contributed by atoms with Crippen molar-refractivity contribution in [2.75, 3.05) is 53.4 Å². The molecule has 3 aliphatic carbocycles. The number of allylic oxidation sites excluding steroid dienone is 2. The van der Waals surface area contributed by atoms with Crippen molar-refractivity contribution in [3.63, 3.8) is 0 Å². The van der Waals surface area contributed by atoms with Crippen LogP contribution in [0.25, 0.3) is 0 Å². The third kappa shape index (κ3) is 4.89. The fourth-order valence-corrected chi connectivity index (χ4v) is 5.55. The van der Waals surface area contributed by atoms with Gasteiger partial charge in [-0.3, -0.25) is 0 Å². The Hall–Kier alpha value is 1.12. The lowest BCUT2D eigenvalue weighted by Crippen LogP contribution is -3.00. The van der Waals surface area contributed by atoms with Gasteiger partial charge in [0.15, 0.2) is 0 Å². The van der Waals surface area contributed by atoms with Gasteiger partial charge < -0.3 is 56.9 Å². The number of quaternary nitrogens is 2. The molecule has 142 valence electrons. The van der Waals surface area contributed by atoms with Crippen molar-refractivity contribution in [3.05, 3.63) is 12.2 Å². The smallest absolute Gasteiger partial charge is 0.0824 e. The number of hydrogen-bond donors (Lipinski definition) is 0. The van der Waals surface area contributed by atoms with Crippen LogP contribution in [-0.2, 0) is 0 Å². The minimum absolute atomic E-state index is 0. The summed E-state index contributed by atoms with van der Waals surface area (Å²) in [6, 6.07) is 0. The van der Waals surface area contributed by atoms with E-state index >= 15 is 0 Å². The highest BCUT2D eigenvalue weighted by Crippen LogP contribution is 2.49. The van der Waals surface area contributed by atoms with Crippen LogP contribution in [0.2, 0.25) is 0 Å². The molecule has 0 N–H and O–H groups in total. The summed E-state index contributed by atoms with van der Waals surface area (Å²) in [5.41, 5.74) is 0. The molecule has 1 saturated heterocycles. The van der Waals surface area contributed by atoms with Crippen molar-refractivity contribution < 1.29 is 56.9 Å². The SMILES string of the molecule is CC[N+](C)(CC)CCCC[N+]1(C)CC2C3C=CC(CC3)C2C1.[I-].[I-]. The topological polar surface area (TPSA) is 0 Å². The Morgan fingerprint density at radius 3 is 1.83 bits per heavy atom. The normalized spacial score (nSPS) is 36.8. The molecule has 1 aliphatic heterocycles. The Morgan fingerprint density at radius 1 is 0.917 bits per heavy atom. The van der Waals surface area contributed by atoms with Crippen molar-refractivity contribution in [2.24, 2.45) is 23.7 Å². The summed E-state index contributed by atoms with van der Waals surface area (Å²) in [7, 11) is 4.97. The molecular formula is C20H38I2N2. The van der Waals surface area contributed by atoms with E-state index in [-0.39, 0.29) is 48.0 Å². The molecular weight excluding hydrogens is 522 g/mol. The first-order chi connectivity index (χ1) is 10.5. The van der Waals surface area contributed by atoms with Gasteiger partial charge in [0.1, 0.15) is 0 Å². The maximum absolute atomic E-state index is 2.57. The summed E-state index contributed by atoms with van der Waals surface area (Å²) in [5.74, 6) is 3.88. The summed E-state index contributed by atoms with van der Waals surface area (Å²) in [6.45, 7) is 12.9. The monoisotopic (exact) mass is 560 g/mol. The van der Waals surface area contributed by atoms with Crippen LogP contribution in [-0.4, -0.2) is 62.3 Å². The molecule has 0 aromatic heterocycles. The van der Waals surface area contributed by atoms with E-state index in [1.807, 2.05) is 0 Å². The molecule has 4 rings (SSSR count). The molecule has 4 heteroatoms. The molecule has 0 aromatic carbocycles. The van der Waals surface area contributed by atoms with E-state index in [9.17, 15) is 0 Å². The Morgan fingerprint density at radius 2 is 1.42 bits per heavy atom. The van der Waals surface area contributed by atoms with Gasteiger partial charge in [-0.15, -0.1) is 0 Å². The van der Waals surface area contributed by atoms with Gasteiger partial charge in [0.25, 0.3) is 0 Å². The molecule has 2 bridgehead atoms. The van der Waals surface area contributed by atoms with Crippen molar-refractivity contribution >= 4 is 0 Å². The molecule has 0 amide bonds. The van der Waals surface area contributed by atoms with Crippen LogP contribution in [0.1, 0.15) is 39.5 Å². The molecule has 1 heterocycles. The third-order valence-corrected chi connectivity index (χ3v) is 7.56. The van der Waals surface area contributed by atoms with Crippen molar-refractivity contribution in [2.45, 2.75) is 39.5 Å². The third-order valence-electron chi connectivity index (χ3n) is 7.56. The Kier molecular flexibility index (Phi) is 9.03. The maximum atomic E-state index is 2.57. The summed E-state index contributed by atoms with van der Waals surface area (Å²) in [6.07, 6.45) is 10.9. The van der Waals surface area contributed by atoms with E-state index in [1.165, 1.54) is 73.9 Å². The number of rotatable bonds is 7. The largest absolute Gasteiger partial charge is 1.00 e. The summed E-state index contributed by atoms with van der Waals surface area (Å²) >= 11 is 0. The number of unbranched alkanes of at least 4 members (excludes halogenated alkanes) is 1.